The summed E-state index contributed by atoms with van der Waals surface area (Å²) in [5.74, 6) is -1.29. The fourth-order valence-electron chi connectivity index (χ4n) is 1.41. The molecule has 0 aliphatic carbocycles. The Labute approximate surface area is 109 Å². The fourth-order valence-corrected chi connectivity index (χ4v) is 1.41. The summed E-state index contributed by atoms with van der Waals surface area (Å²) < 4.78 is 13.1. The number of anilines is 1. The maximum atomic E-state index is 13.1. The molecule has 1 atom stereocenters. The van der Waals surface area contributed by atoms with Crippen molar-refractivity contribution in [1.82, 2.24) is 0 Å². The summed E-state index contributed by atoms with van der Waals surface area (Å²) in [5, 5.41) is 13.1. The summed E-state index contributed by atoms with van der Waals surface area (Å²) in [6.45, 7) is 3.67. The Morgan fingerprint density at radius 2 is 2.21 bits per heavy atom. The lowest BCUT2D eigenvalue weighted by atomic mass is 9.86. The van der Waals surface area contributed by atoms with E-state index in [0.29, 0.717) is 6.42 Å². The molecule has 6 nitrogen and oxygen atoms in total. The number of nitrogens with zero attached hydrogens (tertiary/aromatic N) is 1. The van der Waals surface area contributed by atoms with Crippen LogP contribution in [0.25, 0.3) is 0 Å². The largest absolute Gasteiger partial charge is 0.329 e. The van der Waals surface area contributed by atoms with Gasteiger partial charge in [-0.25, -0.2) is 0 Å². The number of amides is 1. The van der Waals surface area contributed by atoms with Crippen molar-refractivity contribution in [3.63, 3.8) is 0 Å². The minimum Gasteiger partial charge on any atom is -0.329 e. The average Bonchev–Trinajstić information content (AvgIpc) is 2.39. The van der Waals surface area contributed by atoms with Crippen molar-refractivity contribution in [3.05, 3.63) is 34.1 Å². The highest BCUT2D eigenvalue weighted by Crippen LogP contribution is 2.25. The minimum absolute atomic E-state index is 0.151. The molecule has 1 rings (SSSR count). The molecular weight excluding hydrogens is 253 g/mol. The molecule has 1 unspecified atom stereocenters. The van der Waals surface area contributed by atoms with E-state index >= 15 is 0 Å². The molecule has 0 aliphatic rings. The van der Waals surface area contributed by atoms with Crippen LogP contribution in [0.5, 0.6) is 0 Å². The van der Waals surface area contributed by atoms with Crippen molar-refractivity contribution in [2.24, 2.45) is 11.1 Å². The molecule has 0 saturated heterocycles. The Kier molecular flexibility index (Phi) is 4.55. The van der Waals surface area contributed by atoms with Gasteiger partial charge >= 0.3 is 5.69 Å². The first-order valence-electron chi connectivity index (χ1n) is 5.79. The standard InChI is InChI=1S/C12H16FN3O3/c1-3-12(2,7-14)11(17)15-8-4-5-9(13)10(6-8)16(18)19/h4-6H,3,7,14H2,1-2H3,(H,15,17). The number of halogens is 1. The van der Waals surface area contributed by atoms with E-state index in [0.717, 1.165) is 12.1 Å². The Balaban J connectivity index is 2.98. The first kappa shape index (κ1) is 15.0. The summed E-state index contributed by atoms with van der Waals surface area (Å²) >= 11 is 0. The quantitative estimate of drug-likeness (QED) is 0.631. The van der Waals surface area contributed by atoms with Crippen LogP contribution in [-0.4, -0.2) is 17.4 Å². The predicted octanol–water partition coefficient (Wildman–Crippen LogP) is 2.05. The number of nitrogens with two attached hydrogens (primary N) is 1. The second-order valence-corrected chi connectivity index (χ2v) is 4.50. The SMILES string of the molecule is CCC(C)(CN)C(=O)Nc1ccc(F)c([N+](=O)[O-])c1. The van der Waals surface area contributed by atoms with E-state index in [1.165, 1.54) is 6.07 Å². The molecular formula is C12H16FN3O3. The molecule has 1 aromatic carbocycles. The number of carbonyl (C=O) groups excluding carboxylic acids is 1. The second-order valence-electron chi connectivity index (χ2n) is 4.50. The van der Waals surface area contributed by atoms with Crippen molar-refractivity contribution in [1.29, 1.82) is 0 Å². The third-order valence-corrected chi connectivity index (χ3v) is 3.18. The Morgan fingerprint density at radius 3 is 2.68 bits per heavy atom. The molecule has 0 bridgehead atoms. The van der Waals surface area contributed by atoms with E-state index in [4.69, 9.17) is 5.73 Å². The van der Waals surface area contributed by atoms with Gasteiger partial charge in [0.1, 0.15) is 0 Å². The van der Waals surface area contributed by atoms with E-state index in [1.54, 1.807) is 6.92 Å². The number of rotatable bonds is 5. The zero-order valence-electron chi connectivity index (χ0n) is 10.8. The fraction of sp³-hybridized carbons (Fsp3) is 0.417. The summed E-state index contributed by atoms with van der Waals surface area (Å²) in [5.41, 5.74) is 4.28. The van der Waals surface area contributed by atoms with E-state index < -0.39 is 21.8 Å². The molecule has 0 saturated carbocycles. The highest BCUT2D eigenvalue weighted by Gasteiger charge is 2.30. The number of hydrogen-bond acceptors (Lipinski definition) is 4. The lowest BCUT2D eigenvalue weighted by Crippen LogP contribution is -2.39. The summed E-state index contributed by atoms with van der Waals surface area (Å²) in [4.78, 5) is 21.8. The maximum Gasteiger partial charge on any atom is 0.306 e. The zero-order valence-corrected chi connectivity index (χ0v) is 10.8. The van der Waals surface area contributed by atoms with Crippen LogP contribution in [0.1, 0.15) is 20.3 Å². The molecule has 0 aliphatic heterocycles. The normalized spacial score (nSPS) is 13.7. The van der Waals surface area contributed by atoms with Crippen LogP contribution in [0.4, 0.5) is 15.8 Å². The van der Waals surface area contributed by atoms with Crippen LogP contribution < -0.4 is 11.1 Å². The van der Waals surface area contributed by atoms with Gasteiger partial charge in [-0.1, -0.05) is 6.92 Å². The molecule has 104 valence electrons. The first-order chi connectivity index (χ1) is 8.84. The predicted molar refractivity (Wildman–Crippen MR) is 69.1 cm³/mol. The van der Waals surface area contributed by atoms with Crippen LogP contribution in [-0.2, 0) is 4.79 Å². The minimum atomic E-state index is -0.944. The number of benzene rings is 1. The second kappa shape index (κ2) is 5.75. The summed E-state index contributed by atoms with van der Waals surface area (Å²) in [6, 6.07) is 3.20. The molecule has 3 N–H and O–H groups in total. The molecule has 0 aromatic heterocycles. The van der Waals surface area contributed by atoms with E-state index in [1.807, 2.05) is 6.92 Å². The number of nitro groups is 1. The van der Waals surface area contributed by atoms with Crippen LogP contribution in [0.2, 0.25) is 0 Å². The van der Waals surface area contributed by atoms with Crippen molar-refractivity contribution in [2.45, 2.75) is 20.3 Å². The van der Waals surface area contributed by atoms with Crippen molar-refractivity contribution in [2.75, 3.05) is 11.9 Å². The van der Waals surface area contributed by atoms with Crippen LogP contribution in [0.3, 0.4) is 0 Å². The topological polar surface area (TPSA) is 98.3 Å². The van der Waals surface area contributed by atoms with Crippen molar-refractivity contribution < 1.29 is 14.1 Å². The maximum absolute atomic E-state index is 13.1. The van der Waals surface area contributed by atoms with Gasteiger partial charge in [-0.3, -0.25) is 14.9 Å². The van der Waals surface area contributed by atoms with Crippen LogP contribution in [0.15, 0.2) is 18.2 Å². The summed E-state index contributed by atoms with van der Waals surface area (Å²) in [7, 11) is 0. The van der Waals surface area contributed by atoms with Gasteiger partial charge in [0.25, 0.3) is 0 Å². The van der Waals surface area contributed by atoms with Gasteiger partial charge in [0.2, 0.25) is 11.7 Å². The highest BCUT2D eigenvalue weighted by atomic mass is 19.1. The average molecular weight is 269 g/mol. The Morgan fingerprint density at radius 1 is 1.58 bits per heavy atom. The van der Waals surface area contributed by atoms with E-state index in [9.17, 15) is 19.3 Å². The molecule has 0 fully saturated rings. The van der Waals surface area contributed by atoms with E-state index in [2.05, 4.69) is 5.32 Å². The molecule has 0 radical (unpaired) electrons. The highest BCUT2D eigenvalue weighted by molar-refractivity contribution is 5.95. The molecule has 0 spiro atoms. The molecule has 7 heteroatoms. The zero-order chi connectivity index (χ0) is 14.6. The van der Waals surface area contributed by atoms with Gasteiger partial charge < -0.3 is 11.1 Å². The monoisotopic (exact) mass is 269 g/mol. The number of nitro benzene ring substituents is 1. The third kappa shape index (κ3) is 3.25. The number of carbonyl (C=O) groups is 1. The summed E-state index contributed by atoms with van der Waals surface area (Å²) in [6.07, 6.45) is 0.526. The molecule has 0 heterocycles. The Hall–Kier alpha value is -2.02. The Bertz CT molecular complexity index is 501. The van der Waals surface area contributed by atoms with Crippen LogP contribution >= 0.6 is 0 Å². The van der Waals surface area contributed by atoms with Gasteiger partial charge in [0.15, 0.2) is 0 Å². The number of nitrogens with one attached hydrogen (secondary N) is 1. The smallest absolute Gasteiger partial charge is 0.306 e. The van der Waals surface area contributed by atoms with Gasteiger partial charge in [-0.05, 0) is 25.5 Å². The van der Waals surface area contributed by atoms with Gasteiger partial charge in [-0.2, -0.15) is 4.39 Å². The van der Waals surface area contributed by atoms with Crippen molar-refractivity contribution >= 4 is 17.3 Å². The van der Waals surface area contributed by atoms with Gasteiger partial charge in [0.05, 0.1) is 10.3 Å². The van der Waals surface area contributed by atoms with Gasteiger partial charge in [-0.15, -0.1) is 0 Å². The van der Waals surface area contributed by atoms with Gasteiger partial charge in [0, 0.05) is 18.3 Å². The molecule has 1 amide bonds. The lowest BCUT2D eigenvalue weighted by Gasteiger charge is -2.24. The molecule has 1 aromatic rings. The van der Waals surface area contributed by atoms with Crippen LogP contribution in [0, 0.1) is 21.3 Å². The lowest BCUT2D eigenvalue weighted by molar-refractivity contribution is -0.387. The molecule has 19 heavy (non-hydrogen) atoms. The van der Waals surface area contributed by atoms with E-state index in [-0.39, 0.29) is 18.1 Å². The van der Waals surface area contributed by atoms with Crippen molar-refractivity contribution in [3.8, 4) is 0 Å². The first-order valence-corrected chi connectivity index (χ1v) is 5.79. The number of hydrogen-bond donors (Lipinski definition) is 2. The third-order valence-electron chi connectivity index (χ3n) is 3.18.